The van der Waals surface area contributed by atoms with Crippen LogP contribution in [0.25, 0.3) is 10.8 Å². The van der Waals surface area contributed by atoms with Crippen molar-refractivity contribution in [1.82, 2.24) is 0 Å². The van der Waals surface area contributed by atoms with Crippen molar-refractivity contribution in [1.29, 1.82) is 0 Å². The number of benzene rings is 2. The molecule has 2 nitrogen and oxygen atoms in total. The van der Waals surface area contributed by atoms with Gasteiger partial charge in [0.1, 0.15) is 0 Å². The smallest absolute Gasteiger partial charge is 0.183 e. The lowest BCUT2D eigenvalue weighted by Gasteiger charge is -2.19. The fraction of sp³-hybridized carbons (Fsp3) is 0.263. The molecule has 0 aliphatic rings. The Morgan fingerprint density at radius 1 is 0.857 bits per heavy atom. The molecule has 0 heterocycles. The maximum absolute atomic E-state index is 5.84. The average Bonchev–Trinajstić information content (AvgIpc) is 2.53. The van der Waals surface area contributed by atoms with Gasteiger partial charge in [0, 0.05) is 5.56 Å². The van der Waals surface area contributed by atoms with Crippen LogP contribution in [0.15, 0.2) is 67.8 Å². The Hall–Kier alpha value is -1.90. The van der Waals surface area contributed by atoms with Crippen molar-refractivity contribution in [3.05, 3.63) is 73.3 Å². The van der Waals surface area contributed by atoms with E-state index in [0.717, 1.165) is 18.4 Å². The van der Waals surface area contributed by atoms with E-state index in [0.29, 0.717) is 13.2 Å². The van der Waals surface area contributed by atoms with E-state index in [9.17, 15) is 0 Å². The third-order valence-electron chi connectivity index (χ3n) is 3.23. The Balaban J connectivity index is 2.14. The van der Waals surface area contributed by atoms with Gasteiger partial charge in [-0.2, -0.15) is 0 Å². The van der Waals surface area contributed by atoms with E-state index in [2.05, 4.69) is 43.5 Å². The van der Waals surface area contributed by atoms with Crippen molar-refractivity contribution >= 4 is 10.8 Å². The van der Waals surface area contributed by atoms with Crippen molar-refractivity contribution in [2.24, 2.45) is 0 Å². The van der Waals surface area contributed by atoms with Gasteiger partial charge in [0.05, 0.1) is 13.2 Å². The maximum Gasteiger partial charge on any atom is 0.183 e. The van der Waals surface area contributed by atoms with Crippen LogP contribution in [0.4, 0.5) is 0 Å². The van der Waals surface area contributed by atoms with Gasteiger partial charge in [-0.1, -0.05) is 48.6 Å². The SMILES string of the molecule is C=CCCOC(OCCC=C)c1ccc2ccccc2c1. The summed E-state index contributed by atoms with van der Waals surface area (Å²) in [5, 5.41) is 2.41. The molecule has 110 valence electrons. The van der Waals surface area contributed by atoms with Crippen LogP contribution in [0.2, 0.25) is 0 Å². The third-order valence-corrected chi connectivity index (χ3v) is 3.23. The zero-order valence-corrected chi connectivity index (χ0v) is 12.3. The van der Waals surface area contributed by atoms with Crippen LogP contribution in [0, 0.1) is 0 Å². The molecule has 0 saturated carbocycles. The van der Waals surface area contributed by atoms with Crippen molar-refractivity contribution in [2.45, 2.75) is 19.1 Å². The Labute approximate surface area is 126 Å². The summed E-state index contributed by atoms with van der Waals surface area (Å²) in [6.45, 7) is 8.64. The molecule has 0 spiro atoms. The van der Waals surface area contributed by atoms with Crippen LogP contribution >= 0.6 is 0 Å². The molecule has 0 unspecified atom stereocenters. The van der Waals surface area contributed by atoms with Crippen LogP contribution in [0.5, 0.6) is 0 Å². The van der Waals surface area contributed by atoms with E-state index in [4.69, 9.17) is 9.47 Å². The van der Waals surface area contributed by atoms with Crippen molar-refractivity contribution in [3.8, 4) is 0 Å². The Bertz CT molecular complexity index is 575. The van der Waals surface area contributed by atoms with E-state index < -0.39 is 0 Å². The zero-order valence-electron chi connectivity index (χ0n) is 12.3. The standard InChI is InChI=1S/C19H22O2/c1-3-5-13-20-19(21-14-6-4-2)18-12-11-16-9-7-8-10-17(16)15-18/h3-4,7-12,15,19H,1-2,5-6,13-14H2. The number of fused-ring (bicyclic) bond motifs is 1. The highest BCUT2D eigenvalue weighted by molar-refractivity contribution is 5.83. The van der Waals surface area contributed by atoms with E-state index in [1.165, 1.54) is 10.8 Å². The highest BCUT2D eigenvalue weighted by Crippen LogP contribution is 2.24. The van der Waals surface area contributed by atoms with E-state index in [1.807, 2.05) is 24.3 Å². The molecule has 0 N–H and O–H groups in total. The van der Waals surface area contributed by atoms with Crippen LogP contribution in [0.1, 0.15) is 24.7 Å². The van der Waals surface area contributed by atoms with E-state index >= 15 is 0 Å². The third kappa shape index (κ3) is 4.55. The molecule has 2 aromatic rings. The average molecular weight is 282 g/mol. The Morgan fingerprint density at radius 3 is 2.10 bits per heavy atom. The summed E-state index contributed by atoms with van der Waals surface area (Å²) < 4.78 is 11.7. The summed E-state index contributed by atoms with van der Waals surface area (Å²) in [5.74, 6) is 0. The van der Waals surface area contributed by atoms with Crippen molar-refractivity contribution in [2.75, 3.05) is 13.2 Å². The highest BCUT2D eigenvalue weighted by Gasteiger charge is 2.12. The van der Waals surface area contributed by atoms with Gasteiger partial charge in [0.2, 0.25) is 0 Å². The lowest BCUT2D eigenvalue weighted by atomic mass is 10.1. The second kappa shape index (κ2) is 8.40. The maximum atomic E-state index is 5.84. The molecule has 2 heteroatoms. The first-order chi connectivity index (χ1) is 10.3. The molecule has 2 aromatic carbocycles. The van der Waals surface area contributed by atoms with Crippen LogP contribution in [-0.4, -0.2) is 13.2 Å². The Morgan fingerprint density at radius 2 is 1.48 bits per heavy atom. The monoisotopic (exact) mass is 282 g/mol. The second-order valence-electron chi connectivity index (χ2n) is 4.83. The van der Waals surface area contributed by atoms with Crippen molar-refractivity contribution in [3.63, 3.8) is 0 Å². The van der Waals surface area contributed by atoms with Gasteiger partial charge in [-0.05, 0) is 29.7 Å². The predicted octanol–water partition coefficient (Wildman–Crippen LogP) is 5.02. The zero-order chi connectivity index (χ0) is 14.9. The fourth-order valence-electron chi connectivity index (χ4n) is 2.11. The van der Waals surface area contributed by atoms with Gasteiger partial charge in [-0.3, -0.25) is 0 Å². The van der Waals surface area contributed by atoms with Gasteiger partial charge in [-0.25, -0.2) is 0 Å². The largest absolute Gasteiger partial charge is 0.348 e. The molecule has 0 aliphatic carbocycles. The first-order valence-corrected chi connectivity index (χ1v) is 7.29. The number of rotatable bonds is 9. The summed E-state index contributed by atoms with van der Waals surface area (Å²) in [4.78, 5) is 0. The summed E-state index contributed by atoms with van der Waals surface area (Å²) in [6.07, 6.45) is 4.99. The van der Waals surface area contributed by atoms with Gasteiger partial charge in [-0.15, -0.1) is 13.2 Å². The van der Waals surface area contributed by atoms with Gasteiger partial charge < -0.3 is 9.47 Å². The lowest BCUT2D eigenvalue weighted by Crippen LogP contribution is -2.10. The minimum atomic E-state index is -0.338. The molecule has 0 amide bonds. The van der Waals surface area contributed by atoms with Gasteiger partial charge in [0.15, 0.2) is 6.29 Å². The summed E-state index contributed by atoms with van der Waals surface area (Å²) in [7, 11) is 0. The predicted molar refractivity (Wildman–Crippen MR) is 88.2 cm³/mol. The summed E-state index contributed by atoms with van der Waals surface area (Å²) >= 11 is 0. The van der Waals surface area contributed by atoms with E-state index in [1.54, 1.807) is 0 Å². The molecular formula is C19H22O2. The summed E-state index contributed by atoms with van der Waals surface area (Å²) in [6, 6.07) is 14.6. The van der Waals surface area contributed by atoms with E-state index in [-0.39, 0.29) is 6.29 Å². The minimum Gasteiger partial charge on any atom is -0.348 e. The Kier molecular flexibility index (Phi) is 6.20. The van der Waals surface area contributed by atoms with Crippen LogP contribution < -0.4 is 0 Å². The van der Waals surface area contributed by atoms with Crippen molar-refractivity contribution < 1.29 is 9.47 Å². The van der Waals surface area contributed by atoms with Gasteiger partial charge in [0.25, 0.3) is 0 Å². The second-order valence-corrected chi connectivity index (χ2v) is 4.83. The molecule has 0 bridgehead atoms. The molecule has 0 saturated heterocycles. The first-order valence-electron chi connectivity index (χ1n) is 7.29. The summed E-state index contributed by atoms with van der Waals surface area (Å²) in [5.41, 5.74) is 1.04. The van der Waals surface area contributed by atoms with Gasteiger partial charge >= 0.3 is 0 Å². The quantitative estimate of drug-likeness (QED) is 0.365. The van der Waals surface area contributed by atoms with Crippen LogP contribution in [0.3, 0.4) is 0 Å². The molecule has 0 aliphatic heterocycles. The number of hydrogen-bond donors (Lipinski definition) is 0. The topological polar surface area (TPSA) is 18.5 Å². The van der Waals surface area contributed by atoms with Crippen LogP contribution in [-0.2, 0) is 9.47 Å². The lowest BCUT2D eigenvalue weighted by molar-refractivity contribution is -0.144. The molecule has 21 heavy (non-hydrogen) atoms. The highest BCUT2D eigenvalue weighted by atomic mass is 16.7. The molecule has 0 fully saturated rings. The number of ether oxygens (including phenoxy) is 2. The minimum absolute atomic E-state index is 0.338. The molecule has 0 atom stereocenters. The molecule has 2 rings (SSSR count). The fourth-order valence-corrected chi connectivity index (χ4v) is 2.11. The first kappa shape index (κ1) is 15.5. The number of hydrogen-bond acceptors (Lipinski definition) is 2. The molecular weight excluding hydrogens is 260 g/mol. The molecule has 0 radical (unpaired) electrons. The molecule has 0 aromatic heterocycles. The normalized spacial score (nSPS) is 10.9.